The van der Waals surface area contributed by atoms with Gasteiger partial charge in [0.05, 0.1) is 37.6 Å². The topological polar surface area (TPSA) is 99.5 Å². The molecule has 1 aromatic heterocycles. The molecule has 3 aromatic rings. The zero-order valence-corrected chi connectivity index (χ0v) is 18.7. The van der Waals surface area contributed by atoms with Gasteiger partial charge in [0.15, 0.2) is 0 Å². The Labute approximate surface area is 190 Å². The van der Waals surface area contributed by atoms with Crippen molar-refractivity contribution in [2.75, 3.05) is 32.0 Å². The number of nitrogens with zero attached hydrogens (tertiary/aromatic N) is 3. The molecule has 0 aliphatic carbocycles. The summed E-state index contributed by atoms with van der Waals surface area (Å²) in [6.07, 6.45) is 1.44. The van der Waals surface area contributed by atoms with Gasteiger partial charge in [-0.1, -0.05) is 23.7 Å². The minimum Gasteiger partial charge on any atom is -0.497 e. The van der Waals surface area contributed by atoms with Crippen LogP contribution in [0.2, 0.25) is 5.02 Å². The number of carbonyl (C=O) groups excluding carboxylic acids is 1. The Hall–Kier alpha value is -3.72. The molecule has 0 radical (unpaired) electrons. The first-order valence-electron chi connectivity index (χ1n) is 9.71. The van der Waals surface area contributed by atoms with E-state index in [0.717, 1.165) is 5.56 Å². The van der Waals surface area contributed by atoms with Crippen LogP contribution < -0.4 is 24.8 Å². The maximum Gasteiger partial charge on any atom is 0.255 e. The molecule has 1 unspecified atom stereocenters. The van der Waals surface area contributed by atoms with Crippen LogP contribution in [0.25, 0.3) is 0 Å². The lowest BCUT2D eigenvalue weighted by Gasteiger charge is -2.29. The highest BCUT2D eigenvalue weighted by Gasteiger charge is 2.33. The molecule has 0 bridgehead atoms. The second kappa shape index (κ2) is 8.80. The van der Waals surface area contributed by atoms with Crippen LogP contribution in [0.15, 0.2) is 54.0 Å². The third kappa shape index (κ3) is 3.82. The van der Waals surface area contributed by atoms with E-state index in [9.17, 15) is 4.79 Å². The standard InChI is InChI=1S/C22H22ClN5O4/c1-12-19(21(29)27-16-10-17(31-3)15(23)9-18(16)32-4)20(28-22(26-12)24-11-25-28)13-5-7-14(30-2)8-6-13/h5-11,20H,1-4H3,(H,27,29)(H,24,25,26). The summed E-state index contributed by atoms with van der Waals surface area (Å²) >= 11 is 6.19. The maximum atomic E-state index is 13.5. The third-order valence-electron chi connectivity index (χ3n) is 5.19. The van der Waals surface area contributed by atoms with Crippen LogP contribution in [0.4, 0.5) is 11.6 Å². The number of rotatable bonds is 6. The summed E-state index contributed by atoms with van der Waals surface area (Å²) in [6.45, 7) is 1.82. The summed E-state index contributed by atoms with van der Waals surface area (Å²) in [4.78, 5) is 17.8. The Morgan fingerprint density at radius 2 is 1.81 bits per heavy atom. The number of methoxy groups -OCH3 is 3. The number of benzene rings is 2. The molecular formula is C22H22ClN5O4. The molecule has 10 heteroatoms. The number of ether oxygens (including phenoxy) is 3. The van der Waals surface area contributed by atoms with Crippen LogP contribution in [-0.4, -0.2) is 42.0 Å². The second-order valence-electron chi connectivity index (χ2n) is 7.01. The second-order valence-corrected chi connectivity index (χ2v) is 7.42. The molecule has 0 spiro atoms. The summed E-state index contributed by atoms with van der Waals surface area (Å²) in [5.41, 5.74) is 2.41. The van der Waals surface area contributed by atoms with Crippen molar-refractivity contribution in [1.29, 1.82) is 0 Å². The SMILES string of the molecule is COc1ccc(C2C(C(=O)Nc3cc(OC)c(Cl)cc3OC)=C(C)Nc3ncnn32)cc1. The highest BCUT2D eigenvalue weighted by atomic mass is 35.5. The molecule has 2 aromatic carbocycles. The van der Waals surface area contributed by atoms with Crippen molar-refractivity contribution in [3.8, 4) is 17.2 Å². The molecule has 0 fully saturated rings. The van der Waals surface area contributed by atoms with E-state index in [4.69, 9.17) is 25.8 Å². The number of fused-ring (bicyclic) bond motifs is 1. The fourth-order valence-electron chi connectivity index (χ4n) is 3.63. The van der Waals surface area contributed by atoms with Crippen molar-refractivity contribution in [3.63, 3.8) is 0 Å². The number of anilines is 2. The van der Waals surface area contributed by atoms with E-state index in [1.807, 2.05) is 31.2 Å². The molecule has 1 atom stereocenters. The number of aromatic nitrogens is 3. The summed E-state index contributed by atoms with van der Waals surface area (Å²) in [6, 6.07) is 10.2. The lowest BCUT2D eigenvalue weighted by Crippen LogP contribution is -2.31. The monoisotopic (exact) mass is 455 g/mol. The van der Waals surface area contributed by atoms with Gasteiger partial charge in [0.2, 0.25) is 5.95 Å². The van der Waals surface area contributed by atoms with Gasteiger partial charge in [-0.15, -0.1) is 0 Å². The van der Waals surface area contributed by atoms with E-state index in [0.29, 0.717) is 45.2 Å². The summed E-state index contributed by atoms with van der Waals surface area (Å²) < 4.78 is 17.6. The zero-order valence-electron chi connectivity index (χ0n) is 18.0. The molecule has 166 valence electrons. The molecule has 1 aliphatic rings. The average Bonchev–Trinajstić information content (AvgIpc) is 3.26. The molecule has 1 aliphatic heterocycles. The van der Waals surface area contributed by atoms with Gasteiger partial charge in [-0.3, -0.25) is 4.79 Å². The number of carbonyl (C=O) groups is 1. The first-order valence-corrected chi connectivity index (χ1v) is 10.1. The van der Waals surface area contributed by atoms with E-state index in [-0.39, 0.29) is 5.91 Å². The average molecular weight is 456 g/mol. The van der Waals surface area contributed by atoms with Gasteiger partial charge in [0.1, 0.15) is 29.6 Å². The van der Waals surface area contributed by atoms with Crippen molar-refractivity contribution in [3.05, 3.63) is 64.6 Å². The van der Waals surface area contributed by atoms with Gasteiger partial charge in [-0.25, -0.2) is 4.68 Å². The highest BCUT2D eigenvalue weighted by Crippen LogP contribution is 2.39. The Morgan fingerprint density at radius 1 is 1.09 bits per heavy atom. The molecule has 0 saturated heterocycles. The fraction of sp³-hybridized carbons (Fsp3) is 0.227. The normalized spacial score (nSPS) is 15.0. The zero-order chi connectivity index (χ0) is 22.8. The minimum atomic E-state index is -0.500. The third-order valence-corrected chi connectivity index (χ3v) is 5.49. The molecular weight excluding hydrogens is 434 g/mol. The van der Waals surface area contributed by atoms with Crippen LogP contribution in [0.3, 0.4) is 0 Å². The number of halogens is 1. The molecule has 4 rings (SSSR count). The van der Waals surface area contributed by atoms with Gasteiger partial charge < -0.3 is 24.8 Å². The molecule has 0 saturated carbocycles. The van der Waals surface area contributed by atoms with E-state index in [2.05, 4.69) is 20.7 Å². The predicted octanol–water partition coefficient (Wildman–Crippen LogP) is 3.88. The number of hydrogen-bond donors (Lipinski definition) is 2. The van der Waals surface area contributed by atoms with Crippen LogP contribution in [0.5, 0.6) is 17.2 Å². The van der Waals surface area contributed by atoms with E-state index < -0.39 is 6.04 Å². The van der Waals surface area contributed by atoms with Crippen molar-refractivity contribution in [2.24, 2.45) is 0 Å². The van der Waals surface area contributed by atoms with Gasteiger partial charge in [-0.05, 0) is 24.6 Å². The Bertz CT molecular complexity index is 1190. The van der Waals surface area contributed by atoms with Crippen molar-refractivity contribution in [1.82, 2.24) is 14.8 Å². The summed E-state index contributed by atoms with van der Waals surface area (Å²) in [5.74, 6) is 1.76. The number of allylic oxidation sites excluding steroid dienone is 1. The van der Waals surface area contributed by atoms with E-state index >= 15 is 0 Å². The lowest BCUT2D eigenvalue weighted by atomic mass is 9.95. The molecule has 2 N–H and O–H groups in total. The highest BCUT2D eigenvalue weighted by molar-refractivity contribution is 6.32. The number of amides is 1. The van der Waals surface area contributed by atoms with Crippen molar-refractivity contribution < 1.29 is 19.0 Å². The van der Waals surface area contributed by atoms with Gasteiger partial charge in [0, 0.05) is 17.8 Å². The number of nitrogens with one attached hydrogen (secondary N) is 2. The quantitative estimate of drug-likeness (QED) is 0.581. The predicted molar refractivity (Wildman–Crippen MR) is 121 cm³/mol. The van der Waals surface area contributed by atoms with Gasteiger partial charge in [-0.2, -0.15) is 10.1 Å². The Kier molecular flexibility index (Phi) is 5.91. The largest absolute Gasteiger partial charge is 0.497 e. The van der Waals surface area contributed by atoms with Crippen LogP contribution in [0, 0.1) is 0 Å². The maximum absolute atomic E-state index is 13.5. The van der Waals surface area contributed by atoms with Gasteiger partial charge in [0.25, 0.3) is 5.91 Å². The Morgan fingerprint density at radius 3 is 2.47 bits per heavy atom. The van der Waals surface area contributed by atoms with E-state index in [1.165, 1.54) is 20.5 Å². The van der Waals surface area contributed by atoms with Gasteiger partial charge >= 0.3 is 0 Å². The molecule has 9 nitrogen and oxygen atoms in total. The molecule has 1 amide bonds. The smallest absolute Gasteiger partial charge is 0.255 e. The van der Waals surface area contributed by atoms with E-state index in [1.54, 1.807) is 23.9 Å². The summed E-state index contributed by atoms with van der Waals surface area (Å²) in [5, 5.41) is 10.8. The first kappa shape index (κ1) is 21.5. The number of hydrogen-bond acceptors (Lipinski definition) is 7. The van der Waals surface area contributed by atoms with Crippen LogP contribution in [-0.2, 0) is 4.79 Å². The van der Waals surface area contributed by atoms with Crippen LogP contribution >= 0.6 is 11.6 Å². The fourth-order valence-corrected chi connectivity index (χ4v) is 3.86. The summed E-state index contributed by atoms with van der Waals surface area (Å²) in [7, 11) is 4.61. The lowest BCUT2D eigenvalue weighted by molar-refractivity contribution is -0.113. The Balaban J connectivity index is 1.75. The van der Waals surface area contributed by atoms with Crippen molar-refractivity contribution in [2.45, 2.75) is 13.0 Å². The van der Waals surface area contributed by atoms with Crippen molar-refractivity contribution >= 4 is 29.1 Å². The van der Waals surface area contributed by atoms with Crippen LogP contribution in [0.1, 0.15) is 18.5 Å². The molecule has 2 heterocycles. The first-order chi connectivity index (χ1) is 15.5. The minimum absolute atomic E-state index is 0.334. The molecule has 32 heavy (non-hydrogen) atoms.